The number of aryl methyl sites for hydroxylation is 2. The van der Waals surface area contributed by atoms with Crippen molar-refractivity contribution in [2.75, 3.05) is 11.5 Å². The maximum absolute atomic E-state index is 13.3. The first kappa shape index (κ1) is 20.1. The molecule has 0 saturated carbocycles. The van der Waals surface area contributed by atoms with E-state index >= 15 is 0 Å². The largest absolute Gasteiger partial charge is 0.507 e. The molecule has 1 amide bonds. The third kappa shape index (κ3) is 3.26. The Morgan fingerprint density at radius 2 is 1.69 bits per heavy atom. The monoisotopic (exact) mass is 425 g/mol. The van der Waals surface area contributed by atoms with Crippen LogP contribution in [0.25, 0.3) is 5.76 Å². The number of carbonyl (C=O) groups is 2. The van der Waals surface area contributed by atoms with Crippen molar-refractivity contribution in [1.29, 1.82) is 0 Å². The lowest BCUT2D eigenvalue weighted by Gasteiger charge is -2.26. The Morgan fingerprint density at radius 1 is 0.969 bits per heavy atom. The van der Waals surface area contributed by atoms with E-state index in [1.54, 1.807) is 12.1 Å². The van der Waals surface area contributed by atoms with Crippen LogP contribution in [0.1, 0.15) is 33.9 Å². The summed E-state index contributed by atoms with van der Waals surface area (Å²) in [6.45, 7) is 4.51. The van der Waals surface area contributed by atoms with Crippen molar-refractivity contribution in [2.24, 2.45) is 0 Å². The van der Waals surface area contributed by atoms with E-state index in [1.165, 1.54) is 4.90 Å². The summed E-state index contributed by atoms with van der Waals surface area (Å²) < 4.78 is 5.56. The maximum Gasteiger partial charge on any atom is 0.300 e. The van der Waals surface area contributed by atoms with Gasteiger partial charge in [0, 0.05) is 17.7 Å². The van der Waals surface area contributed by atoms with Gasteiger partial charge in [-0.1, -0.05) is 36.4 Å². The Hall–Kier alpha value is -3.86. The quantitative estimate of drug-likeness (QED) is 0.370. The Kier molecular flexibility index (Phi) is 4.82. The van der Waals surface area contributed by atoms with Gasteiger partial charge >= 0.3 is 0 Å². The first-order valence-corrected chi connectivity index (χ1v) is 10.6. The molecule has 3 aromatic carbocycles. The number of anilines is 1. The number of ether oxygens (including phenoxy) is 1. The molecule has 2 heterocycles. The van der Waals surface area contributed by atoms with Crippen molar-refractivity contribution in [1.82, 2.24) is 0 Å². The van der Waals surface area contributed by atoms with Crippen LogP contribution in [-0.4, -0.2) is 23.4 Å². The molecule has 160 valence electrons. The first-order chi connectivity index (χ1) is 15.4. The minimum atomic E-state index is -0.720. The molecular formula is C27H23NO4. The van der Waals surface area contributed by atoms with Crippen molar-refractivity contribution in [3.05, 3.63) is 100 Å². The highest BCUT2D eigenvalue weighted by Crippen LogP contribution is 2.43. The van der Waals surface area contributed by atoms with E-state index in [4.69, 9.17) is 4.74 Å². The number of aliphatic hydroxyl groups is 1. The summed E-state index contributed by atoms with van der Waals surface area (Å²) in [5.74, 6) is -0.710. The molecule has 0 radical (unpaired) electrons. The number of rotatable bonds is 3. The summed E-state index contributed by atoms with van der Waals surface area (Å²) in [4.78, 5) is 28.0. The third-order valence-electron chi connectivity index (χ3n) is 6.01. The molecule has 1 N–H and O–H groups in total. The van der Waals surface area contributed by atoms with E-state index in [0.717, 1.165) is 34.4 Å². The van der Waals surface area contributed by atoms with Crippen LogP contribution in [0.3, 0.4) is 0 Å². The van der Waals surface area contributed by atoms with Crippen LogP contribution in [0, 0.1) is 13.8 Å². The number of carbonyl (C=O) groups excluding carboxylic acids is 2. The van der Waals surface area contributed by atoms with Gasteiger partial charge in [-0.3, -0.25) is 14.5 Å². The number of hydrogen-bond donors (Lipinski definition) is 1. The number of Topliss-reactive ketones (excluding diaryl/α,β-unsaturated/α-hetero) is 1. The zero-order valence-electron chi connectivity index (χ0n) is 18.0. The Labute approximate surface area is 186 Å². The first-order valence-electron chi connectivity index (χ1n) is 10.6. The van der Waals surface area contributed by atoms with E-state index in [9.17, 15) is 14.7 Å². The molecule has 1 saturated heterocycles. The van der Waals surface area contributed by atoms with Gasteiger partial charge in [0.1, 0.15) is 11.5 Å². The van der Waals surface area contributed by atoms with Gasteiger partial charge in [-0.05, 0) is 66.4 Å². The normalized spacial score (nSPS) is 19.2. The second kappa shape index (κ2) is 7.68. The van der Waals surface area contributed by atoms with Crippen LogP contribution in [-0.2, 0) is 16.0 Å². The zero-order chi connectivity index (χ0) is 22.4. The lowest BCUT2D eigenvalue weighted by atomic mass is 9.94. The second-order valence-electron chi connectivity index (χ2n) is 8.35. The molecule has 2 aliphatic heterocycles. The average Bonchev–Trinajstić information content (AvgIpc) is 3.35. The lowest BCUT2D eigenvalue weighted by Crippen LogP contribution is -2.29. The summed E-state index contributed by atoms with van der Waals surface area (Å²) in [6, 6.07) is 19.8. The highest BCUT2D eigenvalue weighted by molar-refractivity contribution is 6.51. The number of fused-ring (bicyclic) bond motifs is 1. The molecule has 5 rings (SSSR count). The molecule has 3 aromatic rings. The fourth-order valence-corrected chi connectivity index (χ4v) is 4.63. The molecule has 32 heavy (non-hydrogen) atoms. The molecule has 5 heteroatoms. The molecule has 1 atom stereocenters. The number of aliphatic hydroxyl groups excluding tert-OH is 1. The van der Waals surface area contributed by atoms with Crippen LogP contribution in [0.5, 0.6) is 5.75 Å². The van der Waals surface area contributed by atoms with Gasteiger partial charge in [-0.15, -0.1) is 0 Å². The van der Waals surface area contributed by atoms with Gasteiger partial charge in [0.2, 0.25) is 0 Å². The molecule has 5 nitrogen and oxygen atoms in total. The number of nitrogens with zero attached hydrogens (tertiary/aromatic N) is 1. The molecule has 1 fully saturated rings. The van der Waals surface area contributed by atoms with Crippen LogP contribution in [0.2, 0.25) is 0 Å². The van der Waals surface area contributed by atoms with Gasteiger partial charge in [0.15, 0.2) is 0 Å². The number of amides is 1. The predicted molar refractivity (Wildman–Crippen MR) is 123 cm³/mol. The number of benzene rings is 3. The van der Waals surface area contributed by atoms with Crippen LogP contribution >= 0.6 is 0 Å². The van der Waals surface area contributed by atoms with Crippen molar-refractivity contribution >= 4 is 23.1 Å². The lowest BCUT2D eigenvalue weighted by molar-refractivity contribution is -0.132. The SMILES string of the molecule is Cc1cc(C)cc(N2C(=O)C(=O)/C(=C(\O)c3ccc4c(c3)CCO4)C2c2ccccc2)c1. The zero-order valence-corrected chi connectivity index (χ0v) is 18.0. The summed E-state index contributed by atoms with van der Waals surface area (Å²) in [5, 5.41) is 11.3. The van der Waals surface area contributed by atoms with Gasteiger partial charge in [0.05, 0.1) is 18.2 Å². The van der Waals surface area contributed by atoms with E-state index in [0.29, 0.717) is 17.9 Å². The van der Waals surface area contributed by atoms with E-state index in [2.05, 4.69) is 0 Å². The Morgan fingerprint density at radius 3 is 2.41 bits per heavy atom. The minimum Gasteiger partial charge on any atom is -0.507 e. The van der Waals surface area contributed by atoms with Crippen molar-refractivity contribution in [3.8, 4) is 5.75 Å². The Bertz CT molecular complexity index is 1260. The molecular weight excluding hydrogens is 402 g/mol. The van der Waals surface area contributed by atoms with Gasteiger partial charge in [0.25, 0.3) is 11.7 Å². The predicted octanol–water partition coefficient (Wildman–Crippen LogP) is 4.86. The molecule has 0 spiro atoms. The van der Waals surface area contributed by atoms with Crippen molar-refractivity contribution in [3.63, 3.8) is 0 Å². The molecule has 2 aliphatic rings. The van der Waals surface area contributed by atoms with E-state index < -0.39 is 17.7 Å². The van der Waals surface area contributed by atoms with Gasteiger partial charge in [-0.25, -0.2) is 0 Å². The van der Waals surface area contributed by atoms with Gasteiger partial charge in [-0.2, -0.15) is 0 Å². The topological polar surface area (TPSA) is 66.8 Å². The number of hydrogen-bond acceptors (Lipinski definition) is 4. The molecule has 0 aromatic heterocycles. The summed E-state index contributed by atoms with van der Waals surface area (Å²) in [7, 11) is 0. The smallest absolute Gasteiger partial charge is 0.300 e. The van der Waals surface area contributed by atoms with Crippen molar-refractivity contribution < 1.29 is 19.4 Å². The van der Waals surface area contributed by atoms with E-state index in [-0.39, 0.29) is 11.3 Å². The van der Waals surface area contributed by atoms with Crippen molar-refractivity contribution in [2.45, 2.75) is 26.3 Å². The highest BCUT2D eigenvalue weighted by Gasteiger charge is 2.47. The fourth-order valence-electron chi connectivity index (χ4n) is 4.63. The Balaban J connectivity index is 1.71. The molecule has 1 unspecified atom stereocenters. The molecule has 0 bridgehead atoms. The third-order valence-corrected chi connectivity index (χ3v) is 6.01. The minimum absolute atomic E-state index is 0.0965. The molecule has 0 aliphatic carbocycles. The van der Waals surface area contributed by atoms with Gasteiger partial charge < -0.3 is 9.84 Å². The highest BCUT2D eigenvalue weighted by atomic mass is 16.5. The summed E-state index contributed by atoms with van der Waals surface area (Å²) in [5.41, 5.74) is 4.97. The van der Waals surface area contributed by atoms with E-state index in [1.807, 2.05) is 68.4 Å². The van der Waals surface area contributed by atoms with Crippen LogP contribution < -0.4 is 9.64 Å². The maximum atomic E-state index is 13.3. The van der Waals surface area contributed by atoms with Crippen LogP contribution in [0.15, 0.2) is 72.3 Å². The fraction of sp³-hybridized carbons (Fsp3) is 0.185. The summed E-state index contributed by atoms with van der Waals surface area (Å²) >= 11 is 0. The standard InChI is InChI=1S/C27H23NO4/c1-16-12-17(2)14-21(13-16)28-24(18-6-4-3-5-7-18)23(26(30)27(28)31)25(29)20-8-9-22-19(15-20)10-11-32-22/h3-9,12-15,24,29H,10-11H2,1-2H3/b25-23-. The second-order valence-corrected chi connectivity index (χ2v) is 8.35. The summed E-state index contributed by atoms with van der Waals surface area (Å²) in [6.07, 6.45) is 0.746. The van der Waals surface area contributed by atoms with Crippen LogP contribution in [0.4, 0.5) is 5.69 Å². The average molecular weight is 425 g/mol. The number of ketones is 1.